The van der Waals surface area contributed by atoms with E-state index in [9.17, 15) is 9.59 Å². The Hall–Kier alpha value is -2.46. The first-order chi connectivity index (χ1) is 15.0. The molecule has 2 aliphatic rings. The Morgan fingerprint density at radius 1 is 1.29 bits per heavy atom. The van der Waals surface area contributed by atoms with E-state index in [1.807, 2.05) is 24.3 Å². The zero-order valence-electron chi connectivity index (χ0n) is 18.5. The van der Waals surface area contributed by atoms with Crippen LogP contribution in [0.5, 0.6) is 0 Å². The summed E-state index contributed by atoms with van der Waals surface area (Å²) in [7, 11) is 1.90. The second-order valence-corrected chi connectivity index (χ2v) is 7.94. The molecule has 3 heterocycles. The Morgan fingerprint density at radius 2 is 2.00 bits per heavy atom. The summed E-state index contributed by atoms with van der Waals surface area (Å²) in [4.78, 5) is 36.8. The van der Waals surface area contributed by atoms with Crippen LogP contribution in [0, 0.1) is 0 Å². The summed E-state index contributed by atoms with van der Waals surface area (Å²) in [6, 6.07) is -0.113. The predicted molar refractivity (Wildman–Crippen MR) is 114 cm³/mol. The number of ether oxygens (including phenoxy) is 1. The molecule has 10 nitrogen and oxygen atoms in total. The third-order valence-electron chi connectivity index (χ3n) is 5.57. The second kappa shape index (κ2) is 13.1. The maximum atomic E-state index is 13.0. The topological polar surface area (TPSA) is 117 Å². The molecule has 0 radical (unpaired) electrons. The van der Waals surface area contributed by atoms with Gasteiger partial charge in [-0.2, -0.15) is 5.10 Å². The molecular formula is C21H35N5O5. The first-order valence-corrected chi connectivity index (χ1v) is 10.9. The van der Waals surface area contributed by atoms with Gasteiger partial charge in [-0.15, -0.1) is 0 Å². The molecule has 0 saturated carbocycles. The van der Waals surface area contributed by atoms with Gasteiger partial charge in [0.25, 0.3) is 6.47 Å². The minimum Gasteiger partial charge on any atom is -0.483 e. The van der Waals surface area contributed by atoms with Crippen LogP contribution in [0.1, 0.15) is 50.6 Å². The SMILES string of the molecule is CC(=O)NCCCC(=O)N1CCO[C@@H](CN2CCCCC2)[C@@H]1c1cnn(C)c1.O=CO. The molecule has 2 N–H and O–H groups in total. The molecule has 2 atom stereocenters. The van der Waals surface area contributed by atoms with Crippen LogP contribution in [-0.4, -0.2) is 88.4 Å². The molecule has 0 spiro atoms. The van der Waals surface area contributed by atoms with Gasteiger partial charge in [0.15, 0.2) is 0 Å². The Morgan fingerprint density at radius 3 is 2.61 bits per heavy atom. The Bertz CT molecular complexity index is 704. The first kappa shape index (κ1) is 24.8. The number of morpholine rings is 1. The summed E-state index contributed by atoms with van der Waals surface area (Å²) < 4.78 is 7.94. The quantitative estimate of drug-likeness (QED) is 0.478. The van der Waals surface area contributed by atoms with Crippen LogP contribution in [0.15, 0.2) is 12.4 Å². The maximum absolute atomic E-state index is 13.0. The zero-order chi connectivity index (χ0) is 22.6. The largest absolute Gasteiger partial charge is 0.483 e. The van der Waals surface area contributed by atoms with Crippen LogP contribution in [0.3, 0.4) is 0 Å². The second-order valence-electron chi connectivity index (χ2n) is 7.94. The molecule has 1 aromatic heterocycles. The van der Waals surface area contributed by atoms with Crippen LogP contribution in [0.4, 0.5) is 0 Å². The highest BCUT2D eigenvalue weighted by Crippen LogP contribution is 2.31. The van der Waals surface area contributed by atoms with Gasteiger partial charge in [0.1, 0.15) is 0 Å². The van der Waals surface area contributed by atoms with Crippen molar-refractivity contribution in [2.45, 2.75) is 51.2 Å². The van der Waals surface area contributed by atoms with E-state index < -0.39 is 0 Å². The number of carboxylic acid groups (broad SMARTS) is 1. The van der Waals surface area contributed by atoms with Crippen molar-refractivity contribution in [2.24, 2.45) is 7.05 Å². The predicted octanol–water partition coefficient (Wildman–Crippen LogP) is 0.792. The van der Waals surface area contributed by atoms with Gasteiger partial charge >= 0.3 is 0 Å². The number of hydrogen-bond donors (Lipinski definition) is 2. The van der Waals surface area contributed by atoms with E-state index >= 15 is 0 Å². The number of aromatic nitrogens is 2. The molecule has 2 aliphatic heterocycles. The van der Waals surface area contributed by atoms with Gasteiger partial charge in [-0.1, -0.05) is 6.42 Å². The number of likely N-dealkylation sites (tertiary alicyclic amines) is 1. The summed E-state index contributed by atoms with van der Waals surface area (Å²) in [5.41, 5.74) is 1.03. The summed E-state index contributed by atoms with van der Waals surface area (Å²) in [6.07, 6.45) is 8.62. The average molecular weight is 438 g/mol. The molecule has 1 aromatic rings. The van der Waals surface area contributed by atoms with Crippen LogP contribution < -0.4 is 5.32 Å². The molecule has 174 valence electrons. The number of rotatable bonds is 7. The Labute approximate surface area is 183 Å². The monoisotopic (exact) mass is 437 g/mol. The summed E-state index contributed by atoms with van der Waals surface area (Å²) in [6.45, 7) is 5.97. The lowest BCUT2D eigenvalue weighted by Crippen LogP contribution is -2.52. The molecular weight excluding hydrogens is 402 g/mol. The van der Waals surface area contributed by atoms with E-state index in [1.165, 1.54) is 26.2 Å². The smallest absolute Gasteiger partial charge is 0.290 e. The van der Waals surface area contributed by atoms with Crippen molar-refractivity contribution in [2.75, 3.05) is 39.3 Å². The molecule has 0 aromatic carbocycles. The van der Waals surface area contributed by atoms with E-state index in [0.29, 0.717) is 32.5 Å². The fraction of sp³-hybridized carbons (Fsp3) is 0.714. The van der Waals surface area contributed by atoms with E-state index in [1.54, 1.807) is 4.68 Å². The fourth-order valence-electron chi connectivity index (χ4n) is 4.20. The molecule has 3 rings (SSSR count). The van der Waals surface area contributed by atoms with Crippen molar-refractivity contribution in [3.05, 3.63) is 18.0 Å². The molecule has 2 amide bonds. The number of hydrogen-bond acceptors (Lipinski definition) is 6. The third kappa shape index (κ3) is 7.95. The lowest BCUT2D eigenvalue weighted by Gasteiger charge is -2.43. The van der Waals surface area contributed by atoms with Crippen molar-refractivity contribution >= 4 is 18.3 Å². The molecule has 2 fully saturated rings. The van der Waals surface area contributed by atoms with Gasteiger partial charge < -0.3 is 25.0 Å². The molecule has 0 aliphatic carbocycles. The van der Waals surface area contributed by atoms with Gasteiger partial charge in [0.2, 0.25) is 11.8 Å². The number of carbonyl (C=O) groups is 3. The van der Waals surface area contributed by atoms with Gasteiger partial charge in [0.05, 0.1) is 24.9 Å². The van der Waals surface area contributed by atoms with Gasteiger partial charge in [-0.3, -0.25) is 19.1 Å². The summed E-state index contributed by atoms with van der Waals surface area (Å²) >= 11 is 0. The minimum absolute atomic E-state index is 0.0460. The van der Waals surface area contributed by atoms with Crippen LogP contribution in [0.25, 0.3) is 0 Å². The van der Waals surface area contributed by atoms with E-state index in [4.69, 9.17) is 14.6 Å². The van der Waals surface area contributed by atoms with Crippen molar-refractivity contribution in [1.29, 1.82) is 0 Å². The van der Waals surface area contributed by atoms with Crippen LogP contribution in [-0.2, 0) is 26.2 Å². The van der Waals surface area contributed by atoms with Gasteiger partial charge in [-0.25, -0.2) is 0 Å². The van der Waals surface area contributed by atoms with Crippen LogP contribution >= 0.6 is 0 Å². The number of amides is 2. The average Bonchev–Trinajstić information content (AvgIpc) is 3.18. The summed E-state index contributed by atoms with van der Waals surface area (Å²) in [5, 5.41) is 14.0. The molecule has 2 saturated heterocycles. The number of piperidine rings is 1. The Kier molecular flexibility index (Phi) is 10.5. The lowest BCUT2D eigenvalue weighted by atomic mass is 9.98. The van der Waals surface area contributed by atoms with Gasteiger partial charge in [0, 0.05) is 51.8 Å². The van der Waals surface area contributed by atoms with Crippen molar-refractivity contribution in [3.63, 3.8) is 0 Å². The normalized spacial score (nSPS) is 21.7. The number of aryl methyl sites for hydroxylation is 1. The van der Waals surface area contributed by atoms with E-state index in [2.05, 4.69) is 15.3 Å². The third-order valence-corrected chi connectivity index (χ3v) is 5.57. The maximum Gasteiger partial charge on any atom is 0.290 e. The Balaban J connectivity index is 0.00000107. The number of nitrogens with zero attached hydrogens (tertiary/aromatic N) is 4. The fourth-order valence-corrected chi connectivity index (χ4v) is 4.20. The molecule has 0 bridgehead atoms. The highest BCUT2D eigenvalue weighted by Gasteiger charge is 2.37. The molecule has 10 heteroatoms. The lowest BCUT2D eigenvalue weighted by molar-refractivity contribution is -0.148. The van der Waals surface area contributed by atoms with Crippen LogP contribution in [0.2, 0.25) is 0 Å². The number of nitrogens with one attached hydrogen (secondary N) is 1. The zero-order valence-corrected chi connectivity index (χ0v) is 18.5. The minimum atomic E-state index is -0.250. The van der Waals surface area contributed by atoms with Crippen molar-refractivity contribution < 1.29 is 24.2 Å². The highest BCUT2D eigenvalue weighted by atomic mass is 16.5. The molecule has 0 unspecified atom stereocenters. The van der Waals surface area contributed by atoms with E-state index in [0.717, 1.165) is 25.2 Å². The summed E-state index contributed by atoms with van der Waals surface area (Å²) in [5.74, 6) is 0.0554. The highest BCUT2D eigenvalue weighted by molar-refractivity contribution is 5.77. The standard InChI is InChI=1S/C20H33N5O3.CH2O2/c1-16(26)21-8-6-7-19(27)25-11-12-28-18(15-24-9-4-3-5-10-24)20(25)17-13-22-23(2)14-17;2-1-3/h13-14,18,20H,3-12,15H2,1-2H3,(H,21,26);1H,(H,2,3)/t18-,20-;/m0./s1. The van der Waals surface area contributed by atoms with Gasteiger partial charge in [-0.05, 0) is 32.4 Å². The van der Waals surface area contributed by atoms with E-state index in [-0.39, 0.29) is 30.4 Å². The molecule has 31 heavy (non-hydrogen) atoms. The van der Waals surface area contributed by atoms with Crippen molar-refractivity contribution in [3.8, 4) is 0 Å². The first-order valence-electron chi connectivity index (χ1n) is 10.9. The number of carbonyl (C=O) groups excluding carboxylic acids is 2. The van der Waals surface area contributed by atoms with Crippen molar-refractivity contribution in [1.82, 2.24) is 24.9 Å².